The van der Waals surface area contributed by atoms with Crippen molar-refractivity contribution in [3.8, 4) is 6.01 Å². The number of anilines is 1. The van der Waals surface area contributed by atoms with Gasteiger partial charge in [-0.25, -0.2) is 0 Å². The van der Waals surface area contributed by atoms with Gasteiger partial charge in [0.15, 0.2) is 11.5 Å². The molecule has 0 unspecified atom stereocenters. The number of methoxy groups -OCH3 is 1. The van der Waals surface area contributed by atoms with Gasteiger partial charge in [-0.3, -0.25) is 9.48 Å². The van der Waals surface area contributed by atoms with Crippen molar-refractivity contribution in [3.05, 3.63) is 17.7 Å². The molecule has 1 amide bonds. The van der Waals surface area contributed by atoms with Gasteiger partial charge in [-0.2, -0.15) is 15.0 Å². The largest absolute Gasteiger partial charge is 0.467 e. The predicted molar refractivity (Wildman–Crippen MR) is 81.6 cm³/mol. The van der Waals surface area contributed by atoms with Crippen LogP contribution in [0, 0.1) is 0 Å². The van der Waals surface area contributed by atoms with Gasteiger partial charge in [0.05, 0.1) is 33.1 Å². The highest BCUT2D eigenvalue weighted by atomic mass is 16.5. The van der Waals surface area contributed by atoms with E-state index in [0.717, 1.165) is 0 Å². The van der Waals surface area contributed by atoms with Crippen LogP contribution in [0.4, 0.5) is 5.95 Å². The molecule has 24 heavy (non-hydrogen) atoms. The van der Waals surface area contributed by atoms with E-state index in [2.05, 4.69) is 30.6 Å². The molecule has 3 rings (SSSR count). The number of ether oxygens (including phenoxy) is 2. The van der Waals surface area contributed by atoms with Crippen LogP contribution in [-0.4, -0.2) is 69.3 Å². The average Bonchev–Trinajstić information content (AvgIpc) is 3.06. The summed E-state index contributed by atoms with van der Waals surface area (Å²) in [5.41, 5.74) is 0.229. The normalized spacial score (nSPS) is 14.5. The first kappa shape index (κ1) is 16.1. The van der Waals surface area contributed by atoms with E-state index in [4.69, 9.17) is 9.47 Å². The van der Waals surface area contributed by atoms with Crippen molar-refractivity contribution in [2.24, 2.45) is 7.05 Å². The van der Waals surface area contributed by atoms with Crippen molar-refractivity contribution in [1.82, 2.24) is 35.3 Å². The third-order valence-corrected chi connectivity index (χ3v) is 3.37. The van der Waals surface area contributed by atoms with Crippen LogP contribution in [0.25, 0.3) is 0 Å². The van der Waals surface area contributed by atoms with E-state index < -0.39 is 0 Å². The average molecular weight is 334 g/mol. The van der Waals surface area contributed by atoms with Gasteiger partial charge in [0, 0.05) is 20.1 Å². The highest BCUT2D eigenvalue weighted by molar-refractivity contribution is 5.91. The molecule has 0 radical (unpaired) electrons. The van der Waals surface area contributed by atoms with Crippen LogP contribution >= 0.6 is 0 Å². The zero-order chi connectivity index (χ0) is 16.9. The molecule has 0 spiro atoms. The quantitative estimate of drug-likeness (QED) is 0.717. The Morgan fingerprint density at radius 1 is 1.33 bits per heavy atom. The molecule has 0 atom stereocenters. The van der Waals surface area contributed by atoms with Crippen molar-refractivity contribution in [1.29, 1.82) is 0 Å². The van der Waals surface area contributed by atoms with Gasteiger partial charge in [-0.15, -0.1) is 5.10 Å². The minimum absolute atomic E-state index is 0.131. The van der Waals surface area contributed by atoms with Gasteiger partial charge in [-0.1, -0.05) is 5.21 Å². The van der Waals surface area contributed by atoms with E-state index in [0.29, 0.717) is 38.1 Å². The summed E-state index contributed by atoms with van der Waals surface area (Å²) < 4.78 is 11.9. The van der Waals surface area contributed by atoms with Gasteiger partial charge in [0.1, 0.15) is 0 Å². The predicted octanol–water partition coefficient (Wildman–Crippen LogP) is -1.22. The molecule has 2 aromatic heterocycles. The Balaban J connectivity index is 1.71. The Morgan fingerprint density at radius 3 is 2.79 bits per heavy atom. The first-order valence-electron chi connectivity index (χ1n) is 7.42. The number of hydrogen-bond donors (Lipinski definition) is 1. The molecule has 128 valence electrons. The molecule has 1 N–H and O–H groups in total. The smallest absolute Gasteiger partial charge is 0.321 e. The Hall–Kier alpha value is -2.82. The van der Waals surface area contributed by atoms with Gasteiger partial charge < -0.3 is 19.7 Å². The first-order chi connectivity index (χ1) is 11.7. The Labute approximate surface area is 138 Å². The highest BCUT2D eigenvalue weighted by Crippen LogP contribution is 2.13. The second-order valence-electron chi connectivity index (χ2n) is 5.10. The van der Waals surface area contributed by atoms with Gasteiger partial charge >= 0.3 is 6.01 Å². The van der Waals surface area contributed by atoms with Gasteiger partial charge in [0.25, 0.3) is 5.91 Å². The minimum atomic E-state index is -0.351. The SMILES string of the molecule is COc1nc(CNC(=O)c2cn(C)nn2)nc(N2CCOCC2)n1. The highest BCUT2D eigenvalue weighted by Gasteiger charge is 2.17. The zero-order valence-electron chi connectivity index (χ0n) is 13.5. The number of aryl methyl sites for hydroxylation is 1. The van der Waals surface area contributed by atoms with Crippen molar-refractivity contribution < 1.29 is 14.3 Å². The molecule has 11 heteroatoms. The Bertz CT molecular complexity index is 713. The van der Waals surface area contributed by atoms with Crippen molar-refractivity contribution in [2.75, 3.05) is 38.3 Å². The maximum absolute atomic E-state index is 12.0. The summed E-state index contributed by atoms with van der Waals surface area (Å²) >= 11 is 0. The standard InChI is InChI=1S/C13H18N8O3/c1-20-8-9(18-19-20)11(22)14-7-10-15-12(17-13(16-10)23-2)21-3-5-24-6-4-21/h8H,3-7H2,1-2H3,(H,14,22). The lowest BCUT2D eigenvalue weighted by atomic mass is 10.4. The summed E-state index contributed by atoms with van der Waals surface area (Å²) in [5, 5.41) is 10.2. The fourth-order valence-corrected chi connectivity index (χ4v) is 2.16. The summed E-state index contributed by atoms with van der Waals surface area (Å²) in [4.78, 5) is 26.8. The number of nitrogens with zero attached hydrogens (tertiary/aromatic N) is 7. The lowest BCUT2D eigenvalue weighted by Crippen LogP contribution is -2.37. The molecule has 3 heterocycles. The van der Waals surface area contributed by atoms with Crippen LogP contribution in [0.3, 0.4) is 0 Å². The number of carbonyl (C=O) groups excluding carboxylic acids is 1. The Kier molecular flexibility index (Phi) is 4.79. The fraction of sp³-hybridized carbons (Fsp3) is 0.538. The van der Waals surface area contributed by atoms with E-state index in [1.165, 1.54) is 18.0 Å². The van der Waals surface area contributed by atoms with Crippen LogP contribution in [0.1, 0.15) is 16.3 Å². The van der Waals surface area contributed by atoms with Crippen molar-refractivity contribution in [2.45, 2.75) is 6.54 Å². The van der Waals surface area contributed by atoms with E-state index in [1.807, 2.05) is 4.90 Å². The maximum Gasteiger partial charge on any atom is 0.321 e. The third kappa shape index (κ3) is 3.74. The molecule has 11 nitrogen and oxygen atoms in total. The topological polar surface area (TPSA) is 120 Å². The third-order valence-electron chi connectivity index (χ3n) is 3.37. The number of carbonyl (C=O) groups is 1. The number of morpholine rings is 1. The first-order valence-corrected chi connectivity index (χ1v) is 7.42. The van der Waals surface area contributed by atoms with E-state index in [-0.39, 0.29) is 24.2 Å². The van der Waals surface area contributed by atoms with E-state index >= 15 is 0 Å². The Morgan fingerprint density at radius 2 is 2.12 bits per heavy atom. The number of hydrogen-bond acceptors (Lipinski definition) is 9. The van der Waals surface area contributed by atoms with Crippen LogP contribution in [0.5, 0.6) is 6.01 Å². The molecule has 0 aliphatic carbocycles. The second-order valence-corrected chi connectivity index (χ2v) is 5.10. The van der Waals surface area contributed by atoms with Crippen molar-refractivity contribution >= 4 is 11.9 Å². The molecule has 1 aliphatic heterocycles. The minimum Gasteiger partial charge on any atom is -0.467 e. The molecular weight excluding hydrogens is 316 g/mol. The molecule has 0 saturated carbocycles. The number of nitrogens with one attached hydrogen (secondary N) is 1. The summed E-state index contributed by atoms with van der Waals surface area (Å²) in [7, 11) is 3.18. The lowest BCUT2D eigenvalue weighted by molar-refractivity contribution is 0.0944. The van der Waals surface area contributed by atoms with Crippen LogP contribution in [0.2, 0.25) is 0 Å². The van der Waals surface area contributed by atoms with Gasteiger partial charge in [-0.05, 0) is 0 Å². The van der Waals surface area contributed by atoms with Crippen LogP contribution in [0.15, 0.2) is 6.20 Å². The molecule has 1 saturated heterocycles. The van der Waals surface area contributed by atoms with Gasteiger partial charge in [0.2, 0.25) is 5.95 Å². The summed E-state index contributed by atoms with van der Waals surface area (Å²) in [6.07, 6.45) is 1.53. The summed E-state index contributed by atoms with van der Waals surface area (Å²) in [5.74, 6) is 0.560. The number of rotatable bonds is 5. The molecule has 1 fully saturated rings. The van der Waals surface area contributed by atoms with E-state index in [1.54, 1.807) is 7.05 Å². The number of aromatic nitrogens is 6. The molecule has 0 bridgehead atoms. The fourth-order valence-electron chi connectivity index (χ4n) is 2.16. The molecular formula is C13H18N8O3. The molecule has 2 aromatic rings. The number of amides is 1. The molecule has 0 aromatic carbocycles. The monoisotopic (exact) mass is 334 g/mol. The van der Waals surface area contributed by atoms with Crippen molar-refractivity contribution in [3.63, 3.8) is 0 Å². The summed E-state index contributed by atoms with van der Waals surface area (Å²) in [6.45, 7) is 2.75. The van der Waals surface area contributed by atoms with Crippen LogP contribution in [-0.2, 0) is 18.3 Å². The summed E-state index contributed by atoms with van der Waals surface area (Å²) in [6, 6.07) is 0.204. The van der Waals surface area contributed by atoms with E-state index in [9.17, 15) is 4.79 Å². The zero-order valence-corrected chi connectivity index (χ0v) is 13.5. The molecule has 1 aliphatic rings. The van der Waals surface area contributed by atoms with Crippen LogP contribution < -0.4 is 15.0 Å². The lowest BCUT2D eigenvalue weighted by Gasteiger charge is -2.26. The maximum atomic E-state index is 12.0. The second kappa shape index (κ2) is 7.17.